The van der Waals surface area contributed by atoms with Crippen LogP contribution in [0.1, 0.15) is 22.4 Å². The highest BCUT2D eigenvalue weighted by molar-refractivity contribution is 7.17. The monoisotopic (exact) mass is 437 g/mol. The summed E-state index contributed by atoms with van der Waals surface area (Å²) in [4.78, 5) is 11.2. The quantitative estimate of drug-likeness (QED) is 0.610. The molecule has 6 rings (SSSR count). The standard InChI is InChI=1S/C23H27N5O2S/c1-29-18-4-2-16(3-5-18)11-27-15-28-22(24-14-25-28)21-19-6-8-26(10-17-7-9-30-13-17)12-20(19)31-23(21)27/h2-5,14,17H,6-13,15H2,1H3. The van der Waals surface area contributed by atoms with Crippen molar-refractivity contribution in [2.75, 3.05) is 38.3 Å². The highest BCUT2D eigenvalue weighted by atomic mass is 32.1. The fourth-order valence-electron chi connectivity index (χ4n) is 5.00. The van der Waals surface area contributed by atoms with Gasteiger partial charge in [-0.25, -0.2) is 9.67 Å². The molecule has 31 heavy (non-hydrogen) atoms. The lowest BCUT2D eigenvalue weighted by Crippen LogP contribution is -2.34. The number of rotatable bonds is 5. The average molecular weight is 438 g/mol. The van der Waals surface area contributed by atoms with Crippen LogP contribution in [0.4, 0.5) is 5.00 Å². The Morgan fingerprint density at radius 3 is 2.97 bits per heavy atom. The fourth-order valence-corrected chi connectivity index (χ4v) is 6.38. The van der Waals surface area contributed by atoms with Gasteiger partial charge in [0.15, 0.2) is 5.82 Å². The van der Waals surface area contributed by atoms with Gasteiger partial charge in [0.25, 0.3) is 0 Å². The van der Waals surface area contributed by atoms with Crippen LogP contribution in [0.25, 0.3) is 11.4 Å². The molecule has 0 N–H and O–H groups in total. The molecule has 3 aromatic rings. The second kappa shape index (κ2) is 7.93. The summed E-state index contributed by atoms with van der Waals surface area (Å²) in [5.41, 5.74) is 4.05. The third kappa shape index (κ3) is 3.52. The zero-order valence-corrected chi connectivity index (χ0v) is 18.6. The summed E-state index contributed by atoms with van der Waals surface area (Å²) < 4.78 is 13.0. The van der Waals surface area contributed by atoms with Gasteiger partial charge in [0, 0.05) is 37.7 Å². The lowest BCUT2D eigenvalue weighted by Gasteiger charge is -2.30. The molecule has 1 saturated heterocycles. The van der Waals surface area contributed by atoms with E-state index in [4.69, 9.17) is 9.47 Å². The molecular weight excluding hydrogens is 410 g/mol. The Bertz CT molecular complexity index is 1070. The molecule has 3 aliphatic rings. The zero-order valence-electron chi connectivity index (χ0n) is 17.8. The van der Waals surface area contributed by atoms with E-state index in [0.29, 0.717) is 5.92 Å². The first-order chi connectivity index (χ1) is 15.3. The first kappa shape index (κ1) is 19.3. The van der Waals surface area contributed by atoms with E-state index in [1.165, 1.54) is 33.0 Å². The normalized spacial score (nSPS) is 20.4. The van der Waals surface area contributed by atoms with E-state index in [0.717, 1.165) is 64.1 Å². The van der Waals surface area contributed by atoms with Gasteiger partial charge in [0.1, 0.15) is 23.7 Å². The van der Waals surface area contributed by atoms with Crippen molar-refractivity contribution in [3.63, 3.8) is 0 Å². The number of fused-ring (bicyclic) bond motifs is 5. The number of hydrogen-bond acceptors (Lipinski definition) is 7. The van der Waals surface area contributed by atoms with Crippen LogP contribution < -0.4 is 9.64 Å². The zero-order chi connectivity index (χ0) is 20.8. The van der Waals surface area contributed by atoms with Crippen molar-refractivity contribution in [1.82, 2.24) is 19.7 Å². The van der Waals surface area contributed by atoms with E-state index in [9.17, 15) is 0 Å². The van der Waals surface area contributed by atoms with Gasteiger partial charge in [0.2, 0.25) is 0 Å². The molecule has 1 atom stereocenters. The molecule has 0 radical (unpaired) electrons. The average Bonchev–Trinajstić information content (AvgIpc) is 3.53. The van der Waals surface area contributed by atoms with Gasteiger partial charge in [-0.2, -0.15) is 5.10 Å². The maximum Gasteiger partial charge on any atom is 0.163 e. The summed E-state index contributed by atoms with van der Waals surface area (Å²) in [6, 6.07) is 8.36. The van der Waals surface area contributed by atoms with Crippen LogP contribution in [0.2, 0.25) is 0 Å². The third-order valence-electron chi connectivity index (χ3n) is 6.62. The van der Waals surface area contributed by atoms with E-state index >= 15 is 0 Å². The molecule has 0 aliphatic carbocycles. The number of benzene rings is 1. The molecule has 1 fully saturated rings. The van der Waals surface area contributed by atoms with Crippen molar-refractivity contribution < 1.29 is 9.47 Å². The van der Waals surface area contributed by atoms with Gasteiger partial charge >= 0.3 is 0 Å². The SMILES string of the molecule is COc1ccc(CN2Cn3ncnc3-c3c2sc2c3CCN(CC3CCOC3)C2)cc1. The number of thiophene rings is 1. The Balaban J connectivity index is 1.30. The van der Waals surface area contributed by atoms with Gasteiger partial charge in [0.05, 0.1) is 19.3 Å². The molecule has 7 nitrogen and oxygen atoms in total. The minimum Gasteiger partial charge on any atom is -0.497 e. The number of aromatic nitrogens is 3. The Labute approximate surface area is 186 Å². The van der Waals surface area contributed by atoms with Crippen molar-refractivity contribution in [3.05, 3.63) is 46.6 Å². The number of hydrogen-bond donors (Lipinski definition) is 0. The Kier molecular flexibility index (Phi) is 4.93. The summed E-state index contributed by atoms with van der Waals surface area (Å²) in [5, 5.41) is 5.85. The molecule has 5 heterocycles. The van der Waals surface area contributed by atoms with Crippen molar-refractivity contribution in [3.8, 4) is 17.1 Å². The molecule has 162 valence electrons. The molecule has 0 bridgehead atoms. The summed E-state index contributed by atoms with van der Waals surface area (Å²) >= 11 is 1.95. The molecule has 8 heteroatoms. The molecule has 0 saturated carbocycles. The smallest absolute Gasteiger partial charge is 0.163 e. The predicted molar refractivity (Wildman–Crippen MR) is 120 cm³/mol. The van der Waals surface area contributed by atoms with E-state index in [1.54, 1.807) is 13.4 Å². The largest absolute Gasteiger partial charge is 0.497 e. The van der Waals surface area contributed by atoms with Crippen LogP contribution in [0, 0.1) is 5.92 Å². The topological polar surface area (TPSA) is 55.7 Å². The van der Waals surface area contributed by atoms with E-state index in [1.807, 2.05) is 28.2 Å². The van der Waals surface area contributed by atoms with Crippen LogP contribution in [0.5, 0.6) is 5.75 Å². The number of nitrogens with zero attached hydrogens (tertiary/aromatic N) is 5. The molecule has 0 amide bonds. The minimum atomic E-state index is 0.686. The van der Waals surface area contributed by atoms with Gasteiger partial charge in [-0.1, -0.05) is 12.1 Å². The maximum absolute atomic E-state index is 5.59. The summed E-state index contributed by atoms with van der Waals surface area (Å²) in [6.07, 6.45) is 3.97. The fraction of sp³-hybridized carbons (Fsp3) is 0.478. The van der Waals surface area contributed by atoms with Crippen LogP contribution in [-0.4, -0.2) is 53.1 Å². The molecule has 2 aromatic heterocycles. The highest BCUT2D eigenvalue weighted by Gasteiger charge is 2.33. The van der Waals surface area contributed by atoms with Crippen LogP contribution in [0.15, 0.2) is 30.6 Å². The second-order valence-corrected chi connectivity index (χ2v) is 9.75. The molecule has 1 aromatic carbocycles. The van der Waals surface area contributed by atoms with Crippen LogP contribution >= 0.6 is 11.3 Å². The van der Waals surface area contributed by atoms with Crippen LogP contribution in [0.3, 0.4) is 0 Å². The first-order valence-corrected chi connectivity index (χ1v) is 11.8. The summed E-state index contributed by atoms with van der Waals surface area (Å²) in [7, 11) is 1.71. The summed E-state index contributed by atoms with van der Waals surface area (Å²) in [6.45, 7) is 6.72. The lowest BCUT2D eigenvalue weighted by atomic mass is 10.00. The molecule has 3 aliphatic heterocycles. The highest BCUT2D eigenvalue weighted by Crippen LogP contribution is 2.47. The Morgan fingerprint density at radius 2 is 2.16 bits per heavy atom. The minimum absolute atomic E-state index is 0.686. The first-order valence-electron chi connectivity index (χ1n) is 11.0. The molecule has 0 spiro atoms. The second-order valence-electron chi connectivity index (χ2n) is 8.67. The van der Waals surface area contributed by atoms with Crippen LogP contribution in [-0.2, 0) is 30.9 Å². The molecule has 1 unspecified atom stereocenters. The number of anilines is 1. The Hall–Kier alpha value is -2.42. The van der Waals surface area contributed by atoms with Crippen molar-refractivity contribution >= 4 is 16.3 Å². The molecular formula is C23H27N5O2S. The van der Waals surface area contributed by atoms with Crippen molar-refractivity contribution in [2.24, 2.45) is 5.92 Å². The van der Waals surface area contributed by atoms with Gasteiger partial charge in [-0.15, -0.1) is 11.3 Å². The van der Waals surface area contributed by atoms with Crippen molar-refractivity contribution in [1.29, 1.82) is 0 Å². The summed E-state index contributed by atoms with van der Waals surface area (Å²) in [5.74, 6) is 2.60. The van der Waals surface area contributed by atoms with Gasteiger partial charge in [-0.05, 0) is 42.0 Å². The van der Waals surface area contributed by atoms with E-state index in [2.05, 4.69) is 32.0 Å². The lowest BCUT2D eigenvalue weighted by molar-refractivity contribution is 0.163. The van der Waals surface area contributed by atoms with E-state index in [-0.39, 0.29) is 0 Å². The van der Waals surface area contributed by atoms with Gasteiger partial charge < -0.3 is 14.4 Å². The predicted octanol–water partition coefficient (Wildman–Crippen LogP) is 3.39. The van der Waals surface area contributed by atoms with Crippen molar-refractivity contribution in [2.45, 2.75) is 32.6 Å². The van der Waals surface area contributed by atoms with Gasteiger partial charge in [-0.3, -0.25) is 4.90 Å². The number of methoxy groups -OCH3 is 1. The maximum atomic E-state index is 5.59. The Morgan fingerprint density at radius 1 is 1.26 bits per heavy atom. The van der Waals surface area contributed by atoms with E-state index < -0.39 is 0 Å². The number of ether oxygens (including phenoxy) is 2. The third-order valence-corrected chi connectivity index (χ3v) is 7.90.